The summed E-state index contributed by atoms with van der Waals surface area (Å²) in [6, 6.07) is 54.3. The Labute approximate surface area is 765 Å². The Bertz CT molecular complexity index is 4700. The third-order valence-corrected chi connectivity index (χ3v) is 24.9. The van der Waals surface area contributed by atoms with E-state index in [1.807, 2.05) is 147 Å². The number of carbonyl (C=O) groups excluding carboxylic acids is 5. The van der Waals surface area contributed by atoms with E-state index >= 15 is 0 Å². The zero-order valence-electron chi connectivity index (χ0n) is 75.9. The molecule has 0 radical (unpaired) electrons. The Kier molecular flexibility index (Phi) is 37.6. The van der Waals surface area contributed by atoms with Gasteiger partial charge in [0.2, 0.25) is 23.6 Å². The highest BCUT2D eigenvalue weighted by molar-refractivity contribution is 5.96. The number of aryl methyl sites for hydroxylation is 5. The molecular formula is C104H134N8O18. The number of nitrogens with one attached hydrogen (secondary N) is 4. The van der Waals surface area contributed by atoms with Gasteiger partial charge < -0.3 is 104 Å². The van der Waals surface area contributed by atoms with Crippen LogP contribution in [0.5, 0.6) is 51.7 Å². The Hall–Kier alpha value is -10.8. The highest BCUT2D eigenvalue weighted by atomic mass is 16.6. The monoisotopic (exact) mass is 1780 g/mol. The number of Topliss-reactive ketones (excluding diaryl/α,β-unsaturated/α-hetero) is 1. The summed E-state index contributed by atoms with van der Waals surface area (Å²) in [5, 5.41) is 57.0. The van der Waals surface area contributed by atoms with E-state index in [1.54, 1.807) is 6.07 Å². The third kappa shape index (κ3) is 30.4. The lowest BCUT2D eigenvalue weighted by Crippen LogP contribution is -2.47. The lowest BCUT2D eigenvalue weighted by Gasteiger charge is -2.29. The second-order valence-corrected chi connectivity index (χ2v) is 35.2. The molecule has 0 aromatic heterocycles. The fraction of sp³-hybridized carbons (Fsp3) is 0.490. The van der Waals surface area contributed by atoms with Crippen molar-refractivity contribution in [2.24, 2.45) is 0 Å². The maximum Gasteiger partial charge on any atom is 0.223 e. The summed E-state index contributed by atoms with van der Waals surface area (Å²) in [7, 11) is 0. The van der Waals surface area contributed by atoms with Gasteiger partial charge in [0.15, 0.2) is 51.8 Å². The largest absolute Gasteiger partial charge is 0.493 e. The Balaban J connectivity index is 0.000000148. The molecule has 8 aliphatic rings. The number of hydrogen-bond donors (Lipinski definition) is 8. The van der Waals surface area contributed by atoms with Crippen molar-refractivity contribution < 1.29 is 87.0 Å². The number of fused-ring (bicyclic) bond motifs is 4. The summed E-state index contributed by atoms with van der Waals surface area (Å²) >= 11 is 0. The number of unbranched alkanes of at least 4 members (excludes halogenated alkanes) is 1. The van der Waals surface area contributed by atoms with Crippen LogP contribution in [0.1, 0.15) is 194 Å². The zero-order valence-corrected chi connectivity index (χ0v) is 75.9. The molecule has 4 amide bonds. The van der Waals surface area contributed by atoms with Crippen LogP contribution in [0, 0.1) is 20.8 Å². The van der Waals surface area contributed by atoms with E-state index < -0.39 is 36.5 Å². The summed E-state index contributed by atoms with van der Waals surface area (Å²) < 4.78 is 50.7. The van der Waals surface area contributed by atoms with Crippen molar-refractivity contribution >= 4 is 29.4 Å². The number of ketones is 1. The number of likely N-dealkylation sites (tertiary alicyclic amines) is 4. The van der Waals surface area contributed by atoms with Crippen molar-refractivity contribution in [3.05, 3.63) is 232 Å². The number of ether oxygens (including phenoxy) is 9. The van der Waals surface area contributed by atoms with Gasteiger partial charge in [0.1, 0.15) is 83.0 Å². The lowest BCUT2D eigenvalue weighted by molar-refractivity contribution is -0.124. The number of rotatable bonds is 38. The van der Waals surface area contributed by atoms with E-state index in [0.717, 1.165) is 157 Å². The molecule has 8 heterocycles. The summed E-state index contributed by atoms with van der Waals surface area (Å²) in [4.78, 5) is 72.5. The number of nitrogens with zero attached hydrogens (tertiary/aromatic N) is 4. The van der Waals surface area contributed by atoms with Crippen molar-refractivity contribution in [3.63, 3.8) is 0 Å². The summed E-state index contributed by atoms with van der Waals surface area (Å²) in [5.74, 6) is 5.87. The van der Waals surface area contributed by atoms with Gasteiger partial charge in [0.25, 0.3) is 0 Å². The molecule has 8 aliphatic heterocycles. The maximum atomic E-state index is 12.8. The first-order valence-corrected chi connectivity index (χ1v) is 47.1. The minimum atomic E-state index is -0.863. The van der Waals surface area contributed by atoms with Gasteiger partial charge in [-0.2, -0.15) is 0 Å². The fourth-order valence-corrected chi connectivity index (χ4v) is 17.5. The first kappa shape index (κ1) is 96.7. The van der Waals surface area contributed by atoms with E-state index in [2.05, 4.69) is 84.2 Å². The molecule has 698 valence electrons. The Morgan fingerprint density at radius 2 is 0.592 bits per heavy atom. The molecule has 8 atom stereocenters. The van der Waals surface area contributed by atoms with Crippen LogP contribution in [0.15, 0.2) is 176 Å². The molecular weight excluding hydrogens is 1650 g/mol. The fourth-order valence-electron chi connectivity index (χ4n) is 17.5. The summed E-state index contributed by atoms with van der Waals surface area (Å²) in [5.41, 5.74) is 9.59. The van der Waals surface area contributed by atoms with E-state index in [9.17, 15) is 44.4 Å². The van der Waals surface area contributed by atoms with Crippen LogP contribution in [0.25, 0.3) is 0 Å². The summed E-state index contributed by atoms with van der Waals surface area (Å²) in [6.07, 6.45) is 12.3. The molecule has 0 saturated carbocycles. The molecule has 8 unspecified atom stereocenters. The number of aliphatic hydroxyl groups excluding tert-OH is 4. The number of aliphatic hydroxyl groups is 4. The molecule has 4 fully saturated rings. The van der Waals surface area contributed by atoms with Gasteiger partial charge in [-0.05, 0) is 257 Å². The quantitative estimate of drug-likeness (QED) is 0.0132. The molecule has 8 aromatic rings. The standard InChI is InChI=1S/C28H36N2O5.C26H34N2O4.C25H32N2O5.C25H32N2O4/c1-20-8-10-21(11-9-20)24(31)6-2-3-7-27(32)29-23(19-30-14-4-5-15-30)28(33)22-12-13-25-26(18-22)35-17-16-34-25;1-19-7-9-20(10-8-19)5-4-6-25(29)27-22(18-28-13-2-3-14-28)26(30)21-11-12-23-24(17-21)32-16-15-31-23;1-18-4-7-20(8-5-18)30-13-10-24(28)26-21(17-27-11-2-3-12-27)25(29)19-6-9-22-23(16-19)32-15-14-31-22;28-24(10-6-9-19-7-2-1-3-8-19)26-21(18-27-13-4-5-14-27)25(29)20-11-12-22-23(17-20)31-16-15-30-22/h8-13,18,23,28,33H,2-7,14-17,19H2,1H3,(H,29,32);7-12,17,22,26,30H,2-6,13-16,18H2,1H3,(H,27,29);4-9,16,21,25,29H,2-3,10-15,17H2,1H3,(H,26,28);1-3,7-8,11-12,17,21,25,29H,4-6,9-10,13-16,18H2,(H,26,28). The SMILES string of the molecule is Cc1ccc(C(=O)CCCCC(=O)NC(CN2CCCC2)C(O)c2ccc3c(c2)OCCO3)cc1.Cc1ccc(CCCC(=O)NC(CN2CCCC2)C(O)c2ccc3c(c2)OCCO3)cc1.Cc1ccc(OCCC(=O)NC(CN2CCCC2)C(O)c2ccc3c(c2)OCCO3)cc1.O=C(CCCc1ccccc1)NC(CN1CCCC1)C(O)c1ccc2c(c1)OCCO2. The first-order chi connectivity index (χ1) is 63.3. The van der Waals surface area contributed by atoms with Gasteiger partial charge in [0.05, 0.1) is 37.2 Å². The highest BCUT2D eigenvalue weighted by Gasteiger charge is 2.34. The van der Waals surface area contributed by atoms with Crippen molar-refractivity contribution in [1.29, 1.82) is 0 Å². The zero-order chi connectivity index (χ0) is 90.8. The van der Waals surface area contributed by atoms with E-state index in [-0.39, 0.29) is 54.5 Å². The first-order valence-electron chi connectivity index (χ1n) is 47.1. The van der Waals surface area contributed by atoms with Crippen molar-refractivity contribution in [3.8, 4) is 51.7 Å². The van der Waals surface area contributed by atoms with Crippen LogP contribution < -0.4 is 63.9 Å². The van der Waals surface area contributed by atoms with Gasteiger partial charge in [0, 0.05) is 57.4 Å². The van der Waals surface area contributed by atoms with Crippen molar-refractivity contribution in [1.82, 2.24) is 40.9 Å². The number of carbonyl (C=O) groups is 5. The minimum Gasteiger partial charge on any atom is -0.493 e. The van der Waals surface area contributed by atoms with Crippen LogP contribution in [0.3, 0.4) is 0 Å². The molecule has 0 aliphatic carbocycles. The molecule has 8 aromatic carbocycles. The van der Waals surface area contributed by atoms with Crippen LogP contribution in [-0.4, -0.2) is 232 Å². The lowest BCUT2D eigenvalue weighted by atomic mass is 10.00. The molecule has 0 spiro atoms. The van der Waals surface area contributed by atoms with Gasteiger partial charge in [-0.3, -0.25) is 24.0 Å². The van der Waals surface area contributed by atoms with Crippen LogP contribution >= 0.6 is 0 Å². The van der Waals surface area contributed by atoms with E-state index in [1.165, 1.54) is 16.7 Å². The van der Waals surface area contributed by atoms with Crippen LogP contribution in [-0.2, 0) is 32.0 Å². The highest BCUT2D eigenvalue weighted by Crippen LogP contribution is 2.39. The summed E-state index contributed by atoms with van der Waals surface area (Å²) in [6.45, 7) is 20.9. The molecule has 8 N–H and O–H groups in total. The maximum absolute atomic E-state index is 12.8. The minimum absolute atomic E-state index is 0.0158. The van der Waals surface area contributed by atoms with Crippen LogP contribution in [0.2, 0.25) is 0 Å². The predicted molar refractivity (Wildman–Crippen MR) is 499 cm³/mol. The van der Waals surface area contributed by atoms with Gasteiger partial charge >= 0.3 is 0 Å². The van der Waals surface area contributed by atoms with E-state index in [4.69, 9.17) is 42.6 Å². The molecule has 0 bridgehead atoms. The Morgan fingerprint density at radius 1 is 0.315 bits per heavy atom. The van der Waals surface area contributed by atoms with E-state index in [0.29, 0.717) is 180 Å². The van der Waals surface area contributed by atoms with Crippen LogP contribution in [0.4, 0.5) is 0 Å². The average molecular weight is 1780 g/mol. The van der Waals surface area contributed by atoms with Crippen molar-refractivity contribution in [2.75, 3.05) is 138 Å². The predicted octanol–water partition coefficient (Wildman–Crippen LogP) is 13.2. The number of benzene rings is 8. The molecule has 4 saturated heterocycles. The van der Waals surface area contributed by atoms with Crippen molar-refractivity contribution in [2.45, 2.75) is 191 Å². The van der Waals surface area contributed by atoms with Gasteiger partial charge in [-0.15, -0.1) is 0 Å². The molecule has 26 heteroatoms. The molecule has 130 heavy (non-hydrogen) atoms. The average Bonchev–Trinajstić information content (AvgIpc) is 1.74. The smallest absolute Gasteiger partial charge is 0.223 e. The molecule has 16 rings (SSSR count). The third-order valence-electron chi connectivity index (χ3n) is 24.9. The molecule has 26 nitrogen and oxygen atoms in total. The number of amides is 4. The Morgan fingerprint density at radius 3 is 0.923 bits per heavy atom. The normalized spacial score (nSPS) is 17.5. The van der Waals surface area contributed by atoms with Gasteiger partial charge in [-0.1, -0.05) is 132 Å². The topological polar surface area (TPSA) is 310 Å². The van der Waals surface area contributed by atoms with Gasteiger partial charge in [-0.25, -0.2) is 0 Å². The second kappa shape index (κ2) is 50.6. The number of hydrogen-bond acceptors (Lipinski definition) is 22. The second-order valence-electron chi connectivity index (χ2n) is 35.2.